The first kappa shape index (κ1) is 21.1. The van der Waals surface area contributed by atoms with E-state index < -0.39 is 17.3 Å². The van der Waals surface area contributed by atoms with E-state index in [-0.39, 0.29) is 30.8 Å². The number of likely N-dealkylation sites (tertiary alicyclic amines) is 1. The highest BCUT2D eigenvalue weighted by molar-refractivity contribution is 9.10. The Morgan fingerprint density at radius 1 is 1.32 bits per heavy atom. The van der Waals surface area contributed by atoms with Gasteiger partial charge in [0, 0.05) is 16.9 Å². The predicted molar refractivity (Wildman–Crippen MR) is 110 cm³/mol. The van der Waals surface area contributed by atoms with Gasteiger partial charge < -0.3 is 20.1 Å². The first-order valence-electron chi connectivity index (χ1n) is 9.80. The van der Waals surface area contributed by atoms with E-state index in [0.29, 0.717) is 19.4 Å². The number of hydrogen-bond acceptors (Lipinski definition) is 4. The Bertz CT molecular complexity index is 731. The predicted octanol–water partition coefficient (Wildman–Crippen LogP) is 3.43. The number of piperidine rings is 1. The number of ether oxygens (including phenoxy) is 1. The summed E-state index contributed by atoms with van der Waals surface area (Å²) in [5, 5.41) is 13.5. The van der Waals surface area contributed by atoms with Gasteiger partial charge in [0.2, 0.25) is 5.91 Å². The van der Waals surface area contributed by atoms with Gasteiger partial charge in [0.15, 0.2) is 0 Å². The van der Waals surface area contributed by atoms with Gasteiger partial charge in [-0.2, -0.15) is 0 Å². The van der Waals surface area contributed by atoms with Gasteiger partial charge in [-0.3, -0.25) is 4.79 Å². The van der Waals surface area contributed by atoms with Gasteiger partial charge in [-0.1, -0.05) is 28.1 Å². The molecule has 1 aliphatic heterocycles. The lowest BCUT2D eigenvalue weighted by atomic mass is 9.92. The van der Waals surface area contributed by atoms with Gasteiger partial charge in [0.25, 0.3) is 0 Å². The Labute approximate surface area is 174 Å². The van der Waals surface area contributed by atoms with Crippen molar-refractivity contribution in [3.8, 4) is 0 Å². The molecule has 0 bridgehead atoms. The molecule has 1 aromatic rings. The van der Waals surface area contributed by atoms with Gasteiger partial charge in [0.05, 0.1) is 18.7 Å². The van der Waals surface area contributed by atoms with E-state index in [4.69, 9.17) is 4.74 Å². The third kappa shape index (κ3) is 5.47. The summed E-state index contributed by atoms with van der Waals surface area (Å²) in [5.41, 5.74) is -0.525. The zero-order valence-electron chi connectivity index (χ0n) is 16.7. The van der Waals surface area contributed by atoms with Gasteiger partial charge >= 0.3 is 6.09 Å². The largest absolute Gasteiger partial charge is 0.444 e. The molecule has 0 aromatic heterocycles. The van der Waals surface area contributed by atoms with E-state index in [1.807, 2.05) is 12.1 Å². The van der Waals surface area contributed by atoms with Crippen LogP contribution in [0.3, 0.4) is 0 Å². The second kappa shape index (κ2) is 8.03. The van der Waals surface area contributed by atoms with Crippen molar-refractivity contribution in [1.29, 1.82) is 0 Å². The number of rotatable bonds is 4. The Balaban J connectivity index is 1.53. The molecule has 2 aliphatic rings. The average Bonchev–Trinajstić information content (AvgIpc) is 3.39. The van der Waals surface area contributed by atoms with Gasteiger partial charge in [0.1, 0.15) is 5.60 Å². The molecule has 28 heavy (non-hydrogen) atoms. The minimum Gasteiger partial charge on any atom is -0.444 e. The Morgan fingerprint density at radius 3 is 2.64 bits per heavy atom. The molecule has 3 rings (SSSR count). The van der Waals surface area contributed by atoms with Crippen LogP contribution in [-0.4, -0.2) is 52.8 Å². The van der Waals surface area contributed by atoms with Crippen LogP contribution in [0, 0.1) is 5.92 Å². The van der Waals surface area contributed by atoms with Crippen molar-refractivity contribution in [2.45, 2.75) is 57.2 Å². The molecule has 1 aromatic carbocycles. The monoisotopic (exact) mass is 452 g/mol. The number of nitrogens with zero attached hydrogens (tertiary/aromatic N) is 1. The maximum absolute atomic E-state index is 12.9. The number of nitrogens with one attached hydrogen (secondary N) is 1. The molecule has 2 amide bonds. The maximum atomic E-state index is 12.9. The lowest BCUT2D eigenvalue weighted by Crippen LogP contribution is -2.56. The van der Waals surface area contributed by atoms with Crippen molar-refractivity contribution in [2.24, 2.45) is 5.92 Å². The van der Waals surface area contributed by atoms with Crippen molar-refractivity contribution < 1.29 is 19.4 Å². The third-order valence-corrected chi connectivity index (χ3v) is 5.76. The van der Waals surface area contributed by atoms with Crippen LogP contribution in [0.15, 0.2) is 28.7 Å². The molecule has 6 nitrogen and oxygen atoms in total. The normalized spacial score (nSPS) is 27.2. The zero-order valence-corrected chi connectivity index (χ0v) is 18.3. The molecule has 3 atom stereocenters. The van der Waals surface area contributed by atoms with Crippen molar-refractivity contribution in [3.05, 3.63) is 34.3 Å². The lowest BCUT2D eigenvalue weighted by molar-refractivity contribution is -0.139. The maximum Gasteiger partial charge on any atom is 0.407 e. The smallest absolute Gasteiger partial charge is 0.407 e. The van der Waals surface area contributed by atoms with E-state index in [2.05, 4.69) is 33.4 Å². The fourth-order valence-electron chi connectivity index (χ4n) is 3.78. The molecule has 7 heteroatoms. The summed E-state index contributed by atoms with van der Waals surface area (Å²) >= 11 is 3.43. The third-order valence-electron chi connectivity index (χ3n) is 5.23. The molecule has 1 aliphatic carbocycles. The highest BCUT2D eigenvalue weighted by Gasteiger charge is 2.47. The number of benzene rings is 1. The van der Waals surface area contributed by atoms with E-state index >= 15 is 0 Å². The minimum absolute atomic E-state index is 0.0117. The average molecular weight is 453 g/mol. The SMILES string of the molecule is CC(C)(C)OC(=O)NCC1(O)CCCN(C(=O)[C@@H]2C[C@H]2c2ccc(Br)cc2)C1. The van der Waals surface area contributed by atoms with Crippen LogP contribution in [0.5, 0.6) is 0 Å². The van der Waals surface area contributed by atoms with Crippen LogP contribution in [0.1, 0.15) is 51.5 Å². The van der Waals surface area contributed by atoms with E-state index in [0.717, 1.165) is 10.9 Å². The number of carbonyl (C=O) groups excluding carboxylic acids is 2. The van der Waals surface area contributed by atoms with Crippen LogP contribution in [0.2, 0.25) is 0 Å². The standard InChI is InChI=1S/C21H29BrN2O4/c1-20(2,3)28-19(26)23-12-21(27)9-4-10-24(13-21)18(25)17-11-16(17)14-5-7-15(22)8-6-14/h5-8,16-17,27H,4,9-13H2,1-3H3,(H,23,26)/t16-,17+,21?/m0/s1. The van der Waals surface area contributed by atoms with Crippen molar-refractivity contribution in [1.82, 2.24) is 10.2 Å². The Kier molecular flexibility index (Phi) is 6.05. The summed E-state index contributed by atoms with van der Waals surface area (Å²) < 4.78 is 6.25. The topological polar surface area (TPSA) is 78.9 Å². The molecule has 1 heterocycles. The summed E-state index contributed by atoms with van der Waals surface area (Å²) in [4.78, 5) is 26.5. The van der Waals surface area contributed by atoms with Crippen LogP contribution in [0.4, 0.5) is 4.79 Å². The van der Waals surface area contributed by atoms with E-state index in [9.17, 15) is 14.7 Å². The van der Waals surface area contributed by atoms with Gasteiger partial charge in [-0.25, -0.2) is 4.79 Å². The van der Waals surface area contributed by atoms with E-state index in [1.54, 1.807) is 25.7 Å². The van der Waals surface area contributed by atoms with Crippen LogP contribution in [-0.2, 0) is 9.53 Å². The van der Waals surface area contributed by atoms with Crippen molar-refractivity contribution >= 4 is 27.9 Å². The number of β-amino-alcohol motifs (C(OH)–C–C–N with tert-alkyl or cyclic N) is 1. The number of aliphatic hydroxyl groups is 1. The lowest BCUT2D eigenvalue weighted by Gasteiger charge is -2.39. The summed E-state index contributed by atoms with van der Waals surface area (Å²) in [5.74, 6) is 0.348. The summed E-state index contributed by atoms with van der Waals surface area (Å²) in [6.07, 6.45) is 1.56. The van der Waals surface area contributed by atoms with Crippen LogP contribution < -0.4 is 5.32 Å². The fraction of sp³-hybridized carbons (Fsp3) is 0.619. The fourth-order valence-corrected chi connectivity index (χ4v) is 4.04. The molecule has 0 spiro atoms. The van der Waals surface area contributed by atoms with Crippen LogP contribution in [0.25, 0.3) is 0 Å². The summed E-state index contributed by atoms with van der Waals surface area (Å²) in [7, 11) is 0. The number of alkyl carbamates (subject to hydrolysis) is 1. The second-order valence-electron chi connectivity index (χ2n) is 8.94. The van der Waals surface area contributed by atoms with E-state index in [1.165, 1.54) is 5.56 Å². The first-order chi connectivity index (χ1) is 13.1. The molecule has 1 saturated carbocycles. The molecule has 2 fully saturated rings. The van der Waals surface area contributed by atoms with Gasteiger partial charge in [-0.15, -0.1) is 0 Å². The first-order valence-corrected chi connectivity index (χ1v) is 10.6. The summed E-state index contributed by atoms with van der Waals surface area (Å²) in [6.45, 7) is 6.34. The highest BCUT2D eigenvalue weighted by Crippen LogP contribution is 2.49. The Hall–Kier alpha value is -1.60. The van der Waals surface area contributed by atoms with Crippen molar-refractivity contribution in [2.75, 3.05) is 19.6 Å². The van der Waals surface area contributed by atoms with Gasteiger partial charge in [-0.05, 0) is 63.6 Å². The van der Waals surface area contributed by atoms with Crippen molar-refractivity contribution in [3.63, 3.8) is 0 Å². The molecule has 154 valence electrons. The zero-order chi connectivity index (χ0) is 20.5. The molecule has 2 N–H and O–H groups in total. The molecule has 0 radical (unpaired) electrons. The summed E-state index contributed by atoms with van der Waals surface area (Å²) in [6, 6.07) is 8.10. The number of hydrogen-bond donors (Lipinski definition) is 2. The quantitative estimate of drug-likeness (QED) is 0.733. The number of carbonyl (C=O) groups is 2. The minimum atomic E-state index is -1.12. The second-order valence-corrected chi connectivity index (χ2v) is 9.86. The highest BCUT2D eigenvalue weighted by atomic mass is 79.9. The number of amides is 2. The van der Waals surface area contributed by atoms with Crippen LogP contribution >= 0.6 is 15.9 Å². The number of halogens is 1. The molecular weight excluding hydrogens is 424 g/mol. The molecule has 1 saturated heterocycles. The molecule has 1 unspecified atom stereocenters. The Morgan fingerprint density at radius 2 is 2.00 bits per heavy atom. The molecular formula is C21H29BrN2O4.